The summed E-state index contributed by atoms with van der Waals surface area (Å²) < 4.78 is 17.4. The first-order chi connectivity index (χ1) is 14.0. The summed E-state index contributed by atoms with van der Waals surface area (Å²) in [5.74, 6) is -0.750. The van der Waals surface area contributed by atoms with Crippen LogP contribution in [0.15, 0.2) is 59.9 Å². The number of ketones is 1. The van der Waals surface area contributed by atoms with Crippen molar-refractivity contribution in [3.63, 3.8) is 0 Å². The van der Waals surface area contributed by atoms with E-state index in [9.17, 15) is 14.0 Å². The van der Waals surface area contributed by atoms with Crippen LogP contribution in [0.2, 0.25) is 0 Å². The average molecular weight is 388 g/mol. The first-order valence-corrected chi connectivity index (χ1v) is 9.31. The number of hydrogen-bond donors (Lipinski definition) is 1. The zero-order valence-electron chi connectivity index (χ0n) is 15.4. The highest BCUT2D eigenvalue weighted by molar-refractivity contribution is 6.26. The Balaban J connectivity index is 1.72. The van der Waals surface area contributed by atoms with Crippen molar-refractivity contribution in [1.82, 2.24) is 14.1 Å². The maximum absolute atomic E-state index is 13.8. The summed E-state index contributed by atoms with van der Waals surface area (Å²) in [5, 5.41) is 0.944. The molecule has 0 atom stereocenters. The van der Waals surface area contributed by atoms with Gasteiger partial charge in [-0.15, -0.1) is 0 Å². The van der Waals surface area contributed by atoms with Gasteiger partial charge < -0.3 is 14.9 Å². The summed E-state index contributed by atoms with van der Waals surface area (Å²) in [4.78, 5) is 30.5. The fourth-order valence-electron chi connectivity index (χ4n) is 4.07. The Morgan fingerprint density at radius 1 is 1.00 bits per heavy atom. The van der Waals surface area contributed by atoms with Crippen LogP contribution in [0.3, 0.4) is 0 Å². The van der Waals surface area contributed by atoms with E-state index >= 15 is 0 Å². The number of rotatable bonds is 4. The number of carbonyl (C=O) groups excluding carboxylic acids is 1. The number of benzene rings is 2. The van der Waals surface area contributed by atoms with Gasteiger partial charge in [0.15, 0.2) is 5.78 Å². The molecule has 0 amide bonds. The molecule has 2 aromatic carbocycles. The van der Waals surface area contributed by atoms with Gasteiger partial charge in [-0.25, -0.2) is 9.37 Å². The van der Waals surface area contributed by atoms with E-state index in [1.54, 1.807) is 41.4 Å². The van der Waals surface area contributed by atoms with E-state index in [1.165, 1.54) is 12.1 Å². The molecule has 2 aromatic heterocycles. The number of nitrogen functional groups attached to an aromatic ring is 1. The number of hydrogen-bond acceptors (Lipinski definition) is 4. The Hall–Kier alpha value is -3.74. The van der Waals surface area contributed by atoms with Gasteiger partial charge in [0.25, 0.3) is 5.56 Å². The molecule has 144 valence electrons. The lowest BCUT2D eigenvalue weighted by Gasteiger charge is -2.15. The van der Waals surface area contributed by atoms with E-state index < -0.39 is 5.82 Å². The number of nitrogens with zero attached hydrogens (tertiary/aromatic N) is 3. The van der Waals surface area contributed by atoms with Crippen molar-refractivity contribution in [2.24, 2.45) is 0 Å². The molecule has 1 aliphatic rings. The van der Waals surface area contributed by atoms with E-state index in [2.05, 4.69) is 4.98 Å². The Morgan fingerprint density at radius 3 is 2.66 bits per heavy atom. The molecule has 0 bridgehead atoms. The predicted molar refractivity (Wildman–Crippen MR) is 108 cm³/mol. The second kappa shape index (κ2) is 6.41. The molecule has 0 spiro atoms. The summed E-state index contributed by atoms with van der Waals surface area (Å²) in [7, 11) is 0. The molecule has 2 heterocycles. The normalized spacial score (nSPS) is 12.4. The monoisotopic (exact) mass is 388 g/mol. The second-order valence-electron chi connectivity index (χ2n) is 7.16. The quantitative estimate of drug-likeness (QED) is 0.479. The van der Waals surface area contributed by atoms with Crippen LogP contribution in [0.25, 0.3) is 22.0 Å². The minimum Gasteiger partial charge on any atom is -0.399 e. The van der Waals surface area contributed by atoms with Crippen LogP contribution in [0.1, 0.15) is 22.3 Å². The molecule has 29 heavy (non-hydrogen) atoms. The molecule has 0 aliphatic heterocycles. The first kappa shape index (κ1) is 17.4. The molecule has 1 aliphatic carbocycles. The van der Waals surface area contributed by atoms with Crippen molar-refractivity contribution in [3.05, 3.63) is 82.4 Å². The lowest BCUT2D eigenvalue weighted by molar-refractivity contribution is 0.104. The topological polar surface area (TPSA) is 82.9 Å². The maximum Gasteiger partial charge on any atom is 0.259 e. The van der Waals surface area contributed by atoms with Crippen LogP contribution in [-0.4, -0.2) is 19.9 Å². The van der Waals surface area contributed by atoms with Gasteiger partial charge in [0.1, 0.15) is 5.82 Å². The minimum atomic E-state index is -0.479. The van der Waals surface area contributed by atoms with E-state index in [-0.39, 0.29) is 16.9 Å². The highest BCUT2D eigenvalue weighted by atomic mass is 19.1. The number of aryl methyl sites for hydroxylation is 1. The van der Waals surface area contributed by atoms with Crippen LogP contribution in [-0.2, 0) is 13.1 Å². The predicted octanol–water partition coefficient (Wildman–Crippen LogP) is 3.22. The van der Waals surface area contributed by atoms with Gasteiger partial charge in [0, 0.05) is 53.1 Å². The molecule has 0 fully saturated rings. The fraction of sp³-hybridized carbons (Fsp3) is 0.136. The van der Waals surface area contributed by atoms with E-state index in [0.29, 0.717) is 52.8 Å². The molecule has 7 heteroatoms. The lowest BCUT2D eigenvalue weighted by Crippen LogP contribution is -2.24. The standard InChI is InChI=1S/C22H17FN4O2/c23-13-2-4-16-17(10-13)21(28)19-15-5-3-14(24)11-18(15)22(29)27(20(16)19)8-1-7-26-9-6-25-12-26/h2-6,9-12H,1,7-8,24H2. The fourth-order valence-corrected chi connectivity index (χ4v) is 4.07. The van der Waals surface area contributed by atoms with Gasteiger partial charge >= 0.3 is 0 Å². The van der Waals surface area contributed by atoms with Crippen LogP contribution in [0.4, 0.5) is 10.1 Å². The van der Waals surface area contributed by atoms with Crippen molar-refractivity contribution >= 4 is 22.2 Å². The summed E-state index contributed by atoms with van der Waals surface area (Å²) >= 11 is 0. The third kappa shape index (κ3) is 2.66. The zero-order valence-corrected chi connectivity index (χ0v) is 15.4. The van der Waals surface area contributed by atoms with Crippen molar-refractivity contribution in [2.45, 2.75) is 19.5 Å². The van der Waals surface area contributed by atoms with Crippen molar-refractivity contribution < 1.29 is 9.18 Å². The van der Waals surface area contributed by atoms with E-state index in [4.69, 9.17) is 5.73 Å². The first-order valence-electron chi connectivity index (χ1n) is 9.31. The summed E-state index contributed by atoms with van der Waals surface area (Å²) in [5.41, 5.74) is 8.00. The van der Waals surface area contributed by atoms with Gasteiger partial charge in [-0.2, -0.15) is 0 Å². The van der Waals surface area contributed by atoms with Crippen LogP contribution in [0.5, 0.6) is 0 Å². The highest BCUT2D eigenvalue weighted by Gasteiger charge is 2.32. The highest BCUT2D eigenvalue weighted by Crippen LogP contribution is 2.39. The Labute approximate surface area is 165 Å². The largest absolute Gasteiger partial charge is 0.399 e. The zero-order chi connectivity index (χ0) is 20.1. The van der Waals surface area contributed by atoms with Gasteiger partial charge in [-0.1, -0.05) is 6.07 Å². The molecular formula is C22H17FN4O2. The Morgan fingerprint density at radius 2 is 1.86 bits per heavy atom. The van der Waals surface area contributed by atoms with E-state index in [0.717, 1.165) is 0 Å². The van der Waals surface area contributed by atoms with Gasteiger partial charge in [0.2, 0.25) is 0 Å². The van der Waals surface area contributed by atoms with Crippen molar-refractivity contribution in [2.75, 3.05) is 5.73 Å². The molecule has 0 unspecified atom stereocenters. The third-order valence-corrected chi connectivity index (χ3v) is 5.36. The van der Waals surface area contributed by atoms with Gasteiger partial charge in [0.05, 0.1) is 17.6 Å². The smallest absolute Gasteiger partial charge is 0.259 e. The number of halogens is 1. The SMILES string of the molecule is Nc1ccc2c3c(n(CCCn4ccnc4)c(=O)c2c1)-c1ccc(F)cc1C3=O. The van der Waals surface area contributed by atoms with Crippen LogP contribution < -0.4 is 11.3 Å². The van der Waals surface area contributed by atoms with Crippen molar-refractivity contribution in [3.8, 4) is 11.3 Å². The number of fused-ring (bicyclic) bond motifs is 5. The average Bonchev–Trinajstić information content (AvgIpc) is 3.31. The van der Waals surface area contributed by atoms with Gasteiger partial charge in [-0.05, 0) is 36.8 Å². The lowest BCUT2D eigenvalue weighted by atomic mass is 10.0. The van der Waals surface area contributed by atoms with Crippen LogP contribution >= 0.6 is 0 Å². The van der Waals surface area contributed by atoms with Crippen molar-refractivity contribution in [1.29, 1.82) is 0 Å². The summed E-state index contributed by atoms with van der Waals surface area (Å²) in [6.45, 7) is 1.09. The molecule has 2 N–H and O–H groups in total. The maximum atomic E-state index is 13.8. The van der Waals surface area contributed by atoms with Gasteiger partial charge in [-0.3, -0.25) is 9.59 Å². The Bertz CT molecular complexity index is 1340. The molecule has 6 nitrogen and oxygen atoms in total. The molecular weight excluding hydrogens is 371 g/mol. The second-order valence-corrected chi connectivity index (χ2v) is 7.16. The molecule has 0 radical (unpaired) electrons. The molecule has 0 saturated heterocycles. The molecule has 0 saturated carbocycles. The van der Waals surface area contributed by atoms with E-state index in [1.807, 2.05) is 10.8 Å². The third-order valence-electron chi connectivity index (χ3n) is 5.36. The molecule has 4 aromatic rings. The number of anilines is 1. The molecule has 5 rings (SSSR count). The summed E-state index contributed by atoms with van der Waals surface area (Å²) in [6, 6.07) is 9.09. The number of imidazole rings is 1. The number of carbonyl (C=O) groups is 1. The minimum absolute atomic E-state index is 0.207. The number of aromatic nitrogens is 3. The Kier molecular flexibility index (Phi) is 3.84. The number of pyridine rings is 1. The van der Waals surface area contributed by atoms with Crippen LogP contribution in [0, 0.1) is 5.82 Å². The summed E-state index contributed by atoms with van der Waals surface area (Å²) in [6.07, 6.45) is 5.94. The number of nitrogens with two attached hydrogens (primary N) is 1.